The van der Waals surface area contributed by atoms with Crippen LogP contribution in [0.25, 0.3) is 5.69 Å². The van der Waals surface area contributed by atoms with Crippen molar-refractivity contribution in [2.45, 2.75) is 13.1 Å². The minimum absolute atomic E-state index is 0.0401. The summed E-state index contributed by atoms with van der Waals surface area (Å²) in [6.07, 6.45) is -3.06. The Balaban J connectivity index is 2.35. The van der Waals surface area contributed by atoms with Gasteiger partial charge < -0.3 is 9.47 Å². The number of ether oxygens (including phenoxy) is 2. The minimum Gasteiger partial charge on any atom is -0.479 e. The molecule has 2 rings (SSSR count). The second-order valence-corrected chi connectivity index (χ2v) is 4.26. The number of carbonyl (C=O) groups excluding carboxylic acids is 1. The lowest BCUT2D eigenvalue weighted by molar-refractivity contribution is -0.137. The van der Waals surface area contributed by atoms with Gasteiger partial charge in [0.2, 0.25) is 5.88 Å². The first-order chi connectivity index (χ1) is 10.4. The van der Waals surface area contributed by atoms with Crippen molar-refractivity contribution >= 4 is 5.97 Å². The minimum atomic E-state index is -4.41. The van der Waals surface area contributed by atoms with Crippen LogP contribution in [0.1, 0.15) is 22.8 Å². The van der Waals surface area contributed by atoms with Crippen LogP contribution in [0.5, 0.6) is 5.88 Å². The predicted octanol–water partition coefficient (Wildman–Crippen LogP) is 3.08. The fourth-order valence-corrected chi connectivity index (χ4v) is 1.79. The topological polar surface area (TPSA) is 53.4 Å². The van der Waals surface area contributed by atoms with Crippen LogP contribution >= 0.6 is 0 Å². The molecule has 0 bridgehead atoms. The van der Waals surface area contributed by atoms with Gasteiger partial charge in [0.25, 0.3) is 0 Å². The van der Waals surface area contributed by atoms with Gasteiger partial charge in [0, 0.05) is 6.20 Å². The second kappa shape index (κ2) is 6.08. The Morgan fingerprint density at radius 1 is 1.27 bits per heavy atom. The van der Waals surface area contributed by atoms with Crippen molar-refractivity contribution in [3.63, 3.8) is 0 Å². The van der Waals surface area contributed by atoms with Crippen molar-refractivity contribution in [1.82, 2.24) is 9.78 Å². The molecule has 1 heterocycles. The first kappa shape index (κ1) is 15.9. The zero-order valence-corrected chi connectivity index (χ0v) is 11.8. The molecule has 118 valence electrons. The Bertz CT molecular complexity index is 663. The average Bonchev–Trinajstić information content (AvgIpc) is 2.91. The predicted molar refractivity (Wildman–Crippen MR) is 71.1 cm³/mol. The Labute approximate surface area is 124 Å². The lowest BCUT2D eigenvalue weighted by Gasteiger charge is -2.07. The van der Waals surface area contributed by atoms with E-state index >= 15 is 0 Å². The largest absolute Gasteiger partial charge is 0.479 e. The molecule has 0 unspecified atom stereocenters. The van der Waals surface area contributed by atoms with Gasteiger partial charge in [-0.3, -0.25) is 0 Å². The van der Waals surface area contributed by atoms with Gasteiger partial charge in [0.05, 0.1) is 25.0 Å². The van der Waals surface area contributed by atoms with Crippen LogP contribution in [0.3, 0.4) is 0 Å². The van der Waals surface area contributed by atoms with Gasteiger partial charge in [0.1, 0.15) is 5.56 Å². The molecule has 0 spiro atoms. The normalized spacial score (nSPS) is 11.3. The number of esters is 1. The van der Waals surface area contributed by atoms with Crippen LogP contribution in [-0.4, -0.2) is 29.5 Å². The van der Waals surface area contributed by atoms with Crippen molar-refractivity contribution in [3.05, 3.63) is 41.6 Å². The molecule has 0 aliphatic carbocycles. The quantitative estimate of drug-likeness (QED) is 0.814. The number of nitrogens with zero attached hydrogens (tertiary/aromatic N) is 2. The molecule has 0 amide bonds. The van der Waals surface area contributed by atoms with E-state index in [0.717, 1.165) is 12.1 Å². The average molecular weight is 314 g/mol. The van der Waals surface area contributed by atoms with E-state index in [9.17, 15) is 18.0 Å². The van der Waals surface area contributed by atoms with Crippen molar-refractivity contribution in [1.29, 1.82) is 0 Å². The summed E-state index contributed by atoms with van der Waals surface area (Å²) in [7, 11) is 1.34. The molecule has 0 aliphatic heterocycles. The highest BCUT2D eigenvalue weighted by atomic mass is 19.4. The van der Waals surface area contributed by atoms with Crippen LogP contribution in [0, 0.1) is 0 Å². The van der Waals surface area contributed by atoms with Gasteiger partial charge in [-0.1, -0.05) is 0 Å². The molecule has 0 radical (unpaired) electrons. The van der Waals surface area contributed by atoms with Crippen LogP contribution in [0.4, 0.5) is 13.2 Å². The standard InChI is InChI=1S/C14H13F3N2O3/c1-3-22-13(20)11-8-19(18-12(11)21-2)10-6-4-9(5-7-10)14(15,16)17/h4-8H,3H2,1-2H3. The Morgan fingerprint density at radius 2 is 1.91 bits per heavy atom. The maximum absolute atomic E-state index is 12.5. The monoisotopic (exact) mass is 314 g/mol. The molecule has 0 N–H and O–H groups in total. The summed E-state index contributed by atoms with van der Waals surface area (Å²) >= 11 is 0. The Hall–Kier alpha value is -2.51. The summed E-state index contributed by atoms with van der Waals surface area (Å²) < 4.78 is 48.7. The fourth-order valence-electron chi connectivity index (χ4n) is 1.79. The van der Waals surface area contributed by atoms with Gasteiger partial charge in [-0.15, -0.1) is 5.10 Å². The molecule has 0 saturated heterocycles. The third-order valence-corrected chi connectivity index (χ3v) is 2.83. The van der Waals surface area contributed by atoms with Crippen LogP contribution in [0.2, 0.25) is 0 Å². The molecule has 8 heteroatoms. The van der Waals surface area contributed by atoms with Gasteiger partial charge in [-0.25, -0.2) is 9.48 Å². The maximum Gasteiger partial charge on any atom is 0.416 e. The third-order valence-electron chi connectivity index (χ3n) is 2.83. The van der Waals surface area contributed by atoms with Gasteiger partial charge in [-0.2, -0.15) is 13.2 Å². The van der Waals surface area contributed by atoms with Gasteiger partial charge in [0.15, 0.2) is 0 Å². The molecule has 2 aromatic rings. The van der Waals surface area contributed by atoms with Gasteiger partial charge >= 0.3 is 12.1 Å². The van der Waals surface area contributed by atoms with Crippen molar-refractivity contribution in [3.8, 4) is 11.6 Å². The van der Waals surface area contributed by atoms with Gasteiger partial charge in [-0.05, 0) is 31.2 Å². The molecular formula is C14H13F3N2O3. The molecule has 22 heavy (non-hydrogen) atoms. The summed E-state index contributed by atoms with van der Waals surface area (Å²) in [5.74, 6) is -0.573. The number of alkyl halides is 3. The number of methoxy groups -OCH3 is 1. The first-order valence-electron chi connectivity index (χ1n) is 6.35. The highest BCUT2D eigenvalue weighted by Gasteiger charge is 2.30. The van der Waals surface area contributed by atoms with Crippen LogP contribution < -0.4 is 4.74 Å². The van der Waals surface area contributed by atoms with Crippen LogP contribution in [0.15, 0.2) is 30.5 Å². The lowest BCUT2D eigenvalue weighted by atomic mass is 10.2. The Morgan fingerprint density at radius 3 is 2.41 bits per heavy atom. The highest BCUT2D eigenvalue weighted by molar-refractivity contribution is 5.91. The van der Waals surface area contributed by atoms with E-state index in [4.69, 9.17) is 9.47 Å². The summed E-state index contributed by atoms with van der Waals surface area (Å²) in [5, 5.41) is 4.01. The summed E-state index contributed by atoms with van der Waals surface area (Å²) in [6, 6.07) is 4.38. The zero-order valence-electron chi connectivity index (χ0n) is 11.8. The number of benzene rings is 1. The third kappa shape index (κ3) is 3.21. The van der Waals surface area contributed by atoms with E-state index in [1.807, 2.05) is 0 Å². The molecule has 0 aliphatic rings. The highest BCUT2D eigenvalue weighted by Crippen LogP contribution is 2.30. The number of halogens is 3. The molecule has 5 nitrogen and oxygen atoms in total. The van der Waals surface area contributed by atoms with E-state index < -0.39 is 17.7 Å². The SMILES string of the molecule is CCOC(=O)c1cn(-c2ccc(C(F)(F)F)cc2)nc1OC. The molecular weight excluding hydrogens is 301 g/mol. The molecule has 0 fully saturated rings. The Kier molecular flexibility index (Phi) is 4.39. The van der Waals surface area contributed by atoms with Crippen LogP contribution in [-0.2, 0) is 10.9 Å². The zero-order chi connectivity index (χ0) is 16.3. The number of hydrogen-bond acceptors (Lipinski definition) is 4. The molecule has 1 aromatic heterocycles. The molecule has 0 saturated carbocycles. The summed E-state index contributed by atoms with van der Waals surface area (Å²) in [4.78, 5) is 11.8. The number of carbonyl (C=O) groups is 1. The molecule has 0 atom stereocenters. The summed E-state index contributed by atoms with van der Waals surface area (Å²) in [5.41, 5.74) is -0.299. The fraction of sp³-hybridized carbons (Fsp3) is 0.286. The molecule has 1 aromatic carbocycles. The summed E-state index contributed by atoms with van der Waals surface area (Å²) in [6.45, 7) is 1.85. The van der Waals surface area contributed by atoms with E-state index in [0.29, 0.717) is 5.69 Å². The van der Waals surface area contributed by atoms with Crippen molar-refractivity contribution in [2.75, 3.05) is 13.7 Å². The van der Waals surface area contributed by atoms with Crippen molar-refractivity contribution < 1.29 is 27.4 Å². The smallest absolute Gasteiger partial charge is 0.416 e. The second-order valence-electron chi connectivity index (χ2n) is 4.26. The number of rotatable bonds is 4. The maximum atomic E-state index is 12.5. The first-order valence-corrected chi connectivity index (χ1v) is 6.35. The number of aromatic nitrogens is 2. The van der Waals surface area contributed by atoms with E-state index in [2.05, 4.69) is 5.10 Å². The van der Waals surface area contributed by atoms with E-state index in [1.165, 1.54) is 30.1 Å². The van der Waals surface area contributed by atoms with E-state index in [-0.39, 0.29) is 18.1 Å². The number of hydrogen-bond donors (Lipinski definition) is 0. The lowest BCUT2D eigenvalue weighted by Crippen LogP contribution is -2.05. The van der Waals surface area contributed by atoms with Crippen molar-refractivity contribution in [2.24, 2.45) is 0 Å². The van der Waals surface area contributed by atoms with E-state index in [1.54, 1.807) is 6.92 Å².